The second kappa shape index (κ2) is 6.92. The smallest absolute Gasteiger partial charge is 0.265 e. The average Bonchev–Trinajstić information content (AvgIpc) is 2.52. The summed E-state index contributed by atoms with van der Waals surface area (Å²) < 4.78 is 56.6. The number of benzene rings is 2. The summed E-state index contributed by atoms with van der Waals surface area (Å²) in [5, 5.41) is 0. The molecule has 0 spiro atoms. The molecule has 26 heavy (non-hydrogen) atoms. The molecule has 0 aliphatic rings. The second-order valence-corrected chi connectivity index (χ2v) is 10.7. The zero-order chi connectivity index (χ0) is 19.8. The number of nitrogens with one attached hydrogen (secondary N) is 1. The van der Waals surface area contributed by atoms with E-state index in [1.54, 1.807) is 12.1 Å². The molecule has 2 rings (SSSR count). The van der Waals surface area contributed by atoms with Crippen molar-refractivity contribution < 1.29 is 21.6 Å². The van der Waals surface area contributed by atoms with Crippen LogP contribution in [0, 0.1) is 0 Å². The molecule has 6 nitrogen and oxygen atoms in total. The number of rotatable bonds is 5. The molecular formula is C18H23NO5S2. The van der Waals surface area contributed by atoms with Gasteiger partial charge in [0.05, 0.1) is 12.0 Å². The maximum Gasteiger partial charge on any atom is 0.265 e. The SMILES string of the molecule is COc1ccc(S(C)(=O)=O)cc1S(=O)(=O)Nc1ccc(C(C)(C)C)cc1. The Morgan fingerprint density at radius 3 is 1.96 bits per heavy atom. The molecule has 0 saturated heterocycles. The summed E-state index contributed by atoms with van der Waals surface area (Å²) in [6.07, 6.45) is 1.02. The molecule has 0 aliphatic heterocycles. The third-order valence-corrected chi connectivity index (χ3v) is 6.37. The van der Waals surface area contributed by atoms with Crippen molar-refractivity contribution >= 4 is 25.5 Å². The lowest BCUT2D eigenvalue weighted by molar-refractivity contribution is 0.402. The van der Waals surface area contributed by atoms with Gasteiger partial charge in [-0.15, -0.1) is 0 Å². The van der Waals surface area contributed by atoms with Crippen molar-refractivity contribution in [1.82, 2.24) is 0 Å². The van der Waals surface area contributed by atoms with Gasteiger partial charge in [-0.3, -0.25) is 4.72 Å². The first-order valence-electron chi connectivity index (χ1n) is 7.86. The van der Waals surface area contributed by atoms with Crippen LogP contribution >= 0.6 is 0 Å². The Bertz CT molecular complexity index is 1000. The lowest BCUT2D eigenvalue weighted by Crippen LogP contribution is -2.15. The van der Waals surface area contributed by atoms with Crippen LogP contribution in [0.4, 0.5) is 5.69 Å². The van der Waals surface area contributed by atoms with E-state index in [4.69, 9.17) is 4.74 Å². The number of ether oxygens (including phenoxy) is 1. The highest BCUT2D eigenvalue weighted by molar-refractivity contribution is 7.93. The largest absolute Gasteiger partial charge is 0.495 e. The first kappa shape index (κ1) is 20.3. The maximum absolute atomic E-state index is 12.8. The topological polar surface area (TPSA) is 89.5 Å². The molecule has 0 radical (unpaired) electrons. The summed E-state index contributed by atoms with van der Waals surface area (Å²) in [5.41, 5.74) is 1.40. The fourth-order valence-corrected chi connectivity index (χ4v) is 4.32. The van der Waals surface area contributed by atoms with Gasteiger partial charge in [-0.05, 0) is 41.3 Å². The third-order valence-electron chi connectivity index (χ3n) is 3.86. The minimum atomic E-state index is -4.03. The van der Waals surface area contributed by atoms with Gasteiger partial charge in [0.2, 0.25) is 0 Å². The number of hydrogen-bond donors (Lipinski definition) is 1. The van der Waals surface area contributed by atoms with Gasteiger partial charge < -0.3 is 4.74 Å². The van der Waals surface area contributed by atoms with E-state index < -0.39 is 19.9 Å². The summed E-state index contributed by atoms with van der Waals surface area (Å²) in [4.78, 5) is -0.329. The molecule has 8 heteroatoms. The van der Waals surface area contributed by atoms with Crippen molar-refractivity contribution in [2.45, 2.75) is 36.0 Å². The number of sulfone groups is 1. The summed E-state index contributed by atoms with van der Waals surface area (Å²) in [6, 6.07) is 10.8. The minimum absolute atomic E-state index is 0.0511. The molecular weight excluding hydrogens is 374 g/mol. The first-order chi connectivity index (χ1) is 11.8. The van der Waals surface area contributed by atoms with E-state index in [2.05, 4.69) is 25.5 Å². The van der Waals surface area contributed by atoms with Crippen molar-refractivity contribution in [1.29, 1.82) is 0 Å². The average molecular weight is 398 g/mol. The highest BCUT2D eigenvalue weighted by atomic mass is 32.2. The standard InChI is InChI=1S/C18H23NO5S2/c1-18(2,3)13-6-8-14(9-7-13)19-26(22,23)17-12-15(25(5,20)21)10-11-16(17)24-4/h6-12,19H,1-5H3. The first-order valence-corrected chi connectivity index (χ1v) is 11.2. The normalized spacial score (nSPS) is 12.7. The number of hydrogen-bond acceptors (Lipinski definition) is 5. The summed E-state index contributed by atoms with van der Waals surface area (Å²) >= 11 is 0. The van der Waals surface area contributed by atoms with Crippen molar-refractivity contribution in [2.24, 2.45) is 0 Å². The van der Waals surface area contributed by atoms with Gasteiger partial charge >= 0.3 is 0 Å². The van der Waals surface area contributed by atoms with E-state index in [1.807, 2.05) is 12.1 Å². The molecule has 0 unspecified atom stereocenters. The summed E-state index contributed by atoms with van der Waals surface area (Å²) in [6.45, 7) is 6.19. The van der Waals surface area contributed by atoms with Crippen molar-refractivity contribution in [3.8, 4) is 5.75 Å². The van der Waals surface area contributed by atoms with E-state index in [1.165, 1.54) is 19.2 Å². The Hall–Kier alpha value is -2.06. The molecule has 2 aromatic carbocycles. The van der Waals surface area contributed by atoms with Gasteiger partial charge in [-0.1, -0.05) is 32.9 Å². The van der Waals surface area contributed by atoms with E-state index in [0.717, 1.165) is 17.9 Å². The molecule has 0 aromatic heterocycles. The zero-order valence-corrected chi connectivity index (χ0v) is 17.0. The van der Waals surface area contributed by atoms with Crippen LogP contribution in [0.5, 0.6) is 5.75 Å². The Morgan fingerprint density at radius 2 is 1.50 bits per heavy atom. The summed E-state index contributed by atoms with van der Waals surface area (Å²) in [5.74, 6) is 0.0659. The van der Waals surface area contributed by atoms with Crippen LogP contribution in [-0.2, 0) is 25.3 Å². The predicted octanol–water partition coefficient (Wildman–Crippen LogP) is 3.20. The number of sulfonamides is 1. The molecule has 142 valence electrons. The summed E-state index contributed by atoms with van der Waals surface area (Å²) in [7, 11) is -6.25. The number of methoxy groups -OCH3 is 1. The van der Waals surface area contributed by atoms with E-state index in [9.17, 15) is 16.8 Å². The Balaban J connectivity index is 2.44. The molecule has 0 atom stereocenters. The van der Waals surface area contributed by atoms with Gasteiger partial charge in [-0.25, -0.2) is 16.8 Å². The molecule has 0 aliphatic carbocycles. The monoisotopic (exact) mass is 397 g/mol. The molecule has 0 fully saturated rings. The third kappa shape index (κ3) is 4.56. The highest BCUT2D eigenvalue weighted by Gasteiger charge is 2.23. The van der Waals surface area contributed by atoms with Crippen LogP contribution in [0.1, 0.15) is 26.3 Å². The zero-order valence-electron chi connectivity index (χ0n) is 15.4. The van der Waals surface area contributed by atoms with Gasteiger partial charge in [-0.2, -0.15) is 0 Å². The Morgan fingerprint density at radius 1 is 0.923 bits per heavy atom. The maximum atomic E-state index is 12.8. The molecule has 0 bridgehead atoms. The van der Waals surface area contributed by atoms with Crippen molar-refractivity contribution in [3.63, 3.8) is 0 Å². The van der Waals surface area contributed by atoms with E-state index in [0.29, 0.717) is 5.69 Å². The minimum Gasteiger partial charge on any atom is -0.495 e. The van der Waals surface area contributed by atoms with Crippen molar-refractivity contribution in [2.75, 3.05) is 18.1 Å². The molecule has 2 aromatic rings. The fraction of sp³-hybridized carbons (Fsp3) is 0.333. The molecule has 0 saturated carbocycles. The lowest BCUT2D eigenvalue weighted by Gasteiger charge is -2.19. The Labute approximate surface area is 155 Å². The second-order valence-electron chi connectivity index (χ2n) is 7.02. The predicted molar refractivity (Wildman–Crippen MR) is 102 cm³/mol. The number of anilines is 1. The van der Waals surface area contributed by atoms with Gasteiger partial charge in [0, 0.05) is 11.9 Å². The fourth-order valence-electron chi connectivity index (χ4n) is 2.35. The quantitative estimate of drug-likeness (QED) is 0.837. The van der Waals surface area contributed by atoms with E-state index in [-0.39, 0.29) is 21.0 Å². The highest BCUT2D eigenvalue weighted by Crippen LogP contribution is 2.29. The van der Waals surface area contributed by atoms with E-state index >= 15 is 0 Å². The lowest BCUT2D eigenvalue weighted by atomic mass is 9.87. The van der Waals surface area contributed by atoms with Crippen LogP contribution < -0.4 is 9.46 Å². The molecule has 1 N–H and O–H groups in total. The molecule has 0 heterocycles. The van der Waals surface area contributed by atoms with Crippen LogP contribution in [0.15, 0.2) is 52.3 Å². The van der Waals surface area contributed by atoms with Crippen LogP contribution in [0.3, 0.4) is 0 Å². The van der Waals surface area contributed by atoms with Crippen LogP contribution in [0.2, 0.25) is 0 Å². The Kier molecular flexibility index (Phi) is 5.39. The van der Waals surface area contributed by atoms with Crippen LogP contribution in [0.25, 0.3) is 0 Å². The van der Waals surface area contributed by atoms with Crippen LogP contribution in [-0.4, -0.2) is 30.2 Å². The van der Waals surface area contributed by atoms with Crippen molar-refractivity contribution in [3.05, 3.63) is 48.0 Å². The van der Waals surface area contributed by atoms with Gasteiger partial charge in [0.1, 0.15) is 10.6 Å². The van der Waals surface area contributed by atoms with Gasteiger partial charge in [0.25, 0.3) is 10.0 Å². The van der Waals surface area contributed by atoms with Gasteiger partial charge in [0.15, 0.2) is 9.84 Å². The molecule has 0 amide bonds.